The second-order valence-corrected chi connectivity index (χ2v) is 5.84. The Bertz CT molecular complexity index is 514. The van der Waals surface area contributed by atoms with Crippen molar-refractivity contribution < 1.29 is 5.11 Å². The third-order valence-corrected chi connectivity index (χ3v) is 3.19. The lowest BCUT2D eigenvalue weighted by molar-refractivity contribution is 0.0566. The van der Waals surface area contributed by atoms with Gasteiger partial charge in [0.1, 0.15) is 12.2 Å². The molecule has 0 atom stereocenters. The number of aliphatic hydroxyl groups is 1. The van der Waals surface area contributed by atoms with Crippen molar-refractivity contribution in [2.24, 2.45) is 0 Å². The zero-order chi connectivity index (χ0) is 14.4. The maximum atomic E-state index is 9.85. The maximum Gasteiger partial charge on any atom is 0.138 e. The predicted molar refractivity (Wildman–Crippen MR) is 79.4 cm³/mol. The van der Waals surface area contributed by atoms with Gasteiger partial charge in [0, 0.05) is 6.42 Å². The lowest BCUT2D eigenvalue weighted by atomic mass is 10.1. The van der Waals surface area contributed by atoms with E-state index in [9.17, 15) is 5.11 Å². The normalized spacial score (nSPS) is 11.8. The molecule has 1 aromatic carbocycles. The van der Waals surface area contributed by atoms with Crippen molar-refractivity contribution in [1.29, 1.82) is 0 Å². The fraction of sp³-hybridized carbons (Fsp3) is 0.500. The number of nitrogens with zero attached hydrogens (tertiary/aromatic N) is 3. The first-order valence-electron chi connectivity index (χ1n) is 7.17. The van der Waals surface area contributed by atoms with Crippen LogP contribution in [0.5, 0.6) is 0 Å². The molecular weight excluding hydrogens is 250 g/mol. The fourth-order valence-corrected chi connectivity index (χ4v) is 2.24. The molecule has 4 nitrogen and oxygen atoms in total. The first-order chi connectivity index (χ1) is 9.54. The summed E-state index contributed by atoms with van der Waals surface area (Å²) in [5.74, 6) is 0.959. The topological polar surface area (TPSA) is 50.9 Å². The third kappa shape index (κ3) is 4.78. The van der Waals surface area contributed by atoms with Crippen LogP contribution < -0.4 is 0 Å². The number of hydrogen-bond acceptors (Lipinski definition) is 3. The van der Waals surface area contributed by atoms with Crippen molar-refractivity contribution in [1.82, 2.24) is 14.8 Å². The summed E-state index contributed by atoms with van der Waals surface area (Å²) in [4.78, 5) is 4.29. The maximum absolute atomic E-state index is 9.85. The molecule has 0 saturated heterocycles. The van der Waals surface area contributed by atoms with Gasteiger partial charge >= 0.3 is 0 Å². The van der Waals surface area contributed by atoms with Crippen molar-refractivity contribution in [2.45, 2.75) is 51.7 Å². The summed E-state index contributed by atoms with van der Waals surface area (Å²) in [5, 5.41) is 14.0. The number of benzene rings is 1. The fourth-order valence-electron chi connectivity index (χ4n) is 2.24. The zero-order valence-corrected chi connectivity index (χ0v) is 12.3. The highest BCUT2D eigenvalue weighted by molar-refractivity contribution is 5.14. The van der Waals surface area contributed by atoms with Gasteiger partial charge < -0.3 is 5.11 Å². The molecule has 1 heterocycles. The summed E-state index contributed by atoms with van der Waals surface area (Å²) in [7, 11) is 0. The number of unbranched alkanes of at least 4 members (excludes halogenated alkanes) is 1. The molecule has 1 aromatic heterocycles. The Morgan fingerprint density at radius 3 is 2.50 bits per heavy atom. The zero-order valence-electron chi connectivity index (χ0n) is 12.3. The van der Waals surface area contributed by atoms with Gasteiger partial charge in [0.05, 0.1) is 12.1 Å². The van der Waals surface area contributed by atoms with E-state index in [-0.39, 0.29) is 0 Å². The molecule has 0 fully saturated rings. The van der Waals surface area contributed by atoms with E-state index in [0.29, 0.717) is 6.54 Å². The molecule has 108 valence electrons. The lowest BCUT2D eigenvalue weighted by Crippen LogP contribution is -2.27. The van der Waals surface area contributed by atoms with Crippen LogP contribution in [0.3, 0.4) is 0 Å². The molecule has 2 aromatic rings. The minimum absolute atomic E-state index is 0.487. The van der Waals surface area contributed by atoms with E-state index < -0.39 is 5.60 Å². The monoisotopic (exact) mass is 273 g/mol. The highest BCUT2D eigenvalue weighted by Gasteiger charge is 2.16. The average molecular weight is 273 g/mol. The van der Waals surface area contributed by atoms with Crippen molar-refractivity contribution >= 4 is 0 Å². The minimum Gasteiger partial charge on any atom is -0.389 e. The smallest absolute Gasteiger partial charge is 0.138 e. The molecule has 20 heavy (non-hydrogen) atoms. The van der Waals surface area contributed by atoms with E-state index in [4.69, 9.17) is 0 Å². The summed E-state index contributed by atoms with van der Waals surface area (Å²) >= 11 is 0. The molecule has 0 spiro atoms. The van der Waals surface area contributed by atoms with Crippen LogP contribution in [0, 0.1) is 0 Å². The van der Waals surface area contributed by atoms with Crippen LogP contribution >= 0.6 is 0 Å². The first-order valence-corrected chi connectivity index (χ1v) is 7.17. The molecule has 4 heteroatoms. The quantitative estimate of drug-likeness (QED) is 0.789. The Morgan fingerprint density at radius 2 is 1.80 bits per heavy atom. The first kappa shape index (κ1) is 14.7. The lowest BCUT2D eigenvalue weighted by Gasteiger charge is -2.17. The van der Waals surface area contributed by atoms with Crippen molar-refractivity contribution in [3.8, 4) is 0 Å². The standard InChI is InChI=1S/C16H23N3O/c1-16(2,20)12-19-15(17-13-18-19)11-7-6-10-14-8-4-3-5-9-14/h3-5,8-9,13,20H,6-7,10-12H2,1-2H3. The summed E-state index contributed by atoms with van der Waals surface area (Å²) in [6.07, 6.45) is 5.79. The van der Waals surface area contributed by atoms with E-state index in [1.165, 1.54) is 5.56 Å². The van der Waals surface area contributed by atoms with Crippen molar-refractivity contribution in [3.05, 3.63) is 48.0 Å². The van der Waals surface area contributed by atoms with E-state index in [2.05, 4.69) is 34.3 Å². The highest BCUT2D eigenvalue weighted by atomic mass is 16.3. The van der Waals surface area contributed by atoms with Gasteiger partial charge in [-0.25, -0.2) is 9.67 Å². The molecule has 0 bridgehead atoms. The minimum atomic E-state index is -0.757. The van der Waals surface area contributed by atoms with E-state index in [0.717, 1.165) is 31.5 Å². The number of hydrogen-bond donors (Lipinski definition) is 1. The van der Waals surface area contributed by atoms with E-state index in [1.807, 2.05) is 10.7 Å². The van der Waals surface area contributed by atoms with Crippen LogP contribution in [0.1, 0.15) is 38.1 Å². The Hall–Kier alpha value is -1.68. The Morgan fingerprint density at radius 1 is 1.10 bits per heavy atom. The molecule has 0 radical (unpaired) electrons. The van der Waals surface area contributed by atoms with Gasteiger partial charge in [-0.15, -0.1) is 0 Å². The van der Waals surface area contributed by atoms with Crippen LogP contribution in [0.2, 0.25) is 0 Å². The number of aryl methyl sites for hydroxylation is 2. The van der Waals surface area contributed by atoms with Crippen LogP contribution in [0.15, 0.2) is 36.7 Å². The summed E-state index contributed by atoms with van der Waals surface area (Å²) in [6, 6.07) is 10.5. The van der Waals surface area contributed by atoms with Gasteiger partial charge in [0.15, 0.2) is 0 Å². The highest BCUT2D eigenvalue weighted by Crippen LogP contribution is 2.10. The van der Waals surface area contributed by atoms with Gasteiger partial charge in [-0.1, -0.05) is 30.3 Å². The summed E-state index contributed by atoms with van der Waals surface area (Å²) in [5.41, 5.74) is 0.623. The van der Waals surface area contributed by atoms with E-state index in [1.54, 1.807) is 20.2 Å². The Labute approximate surface area is 120 Å². The molecule has 0 saturated carbocycles. The van der Waals surface area contributed by atoms with Crippen LogP contribution in [0.25, 0.3) is 0 Å². The van der Waals surface area contributed by atoms with Gasteiger partial charge in [0.2, 0.25) is 0 Å². The van der Waals surface area contributed by atoms with E-state index >= 15 is 0 Å². The molecular formula is C16H23N3O. The molecule has 0 aliphatic carbocycles. The second-order valence-electron chi connectivity index (χ2n) is 5.84. The largest absolute Gasteiger partial charge is 0.389 e. The molecule has 0 aliphatic heterocycles. The van der Waals surface area contributed by atoms with Gasteiger partial charge in [0.25, 0.3) is 0 Å². The molecule has 0 aliphatic rings. The predicted octanol–water partition coefficient (Wildman–Crippen LogP) is 2.61. The molecule has 2 rings (SSSR count). The number of rotatable bonds is 7. The number of aromatic nitrogens is 3. The third-order valence-electron chi connectivity index (χ3n) is 3.19. The molecule has 0 unspecified atom stereocenters. The van der Waals surface area contributed by atoms with Crippen LogP contribution in [0.4, 0.5) is 0 Å². The molecule has 1 N–H and O–H groups in total. The van der Waals surface area contributed by atoms with Gasteiger partial charge in [-0.3, -0.25) is 0 Å². The van der Waals surface area contributed by atoms with Gasteiger partial charge in [-0.2, -0.15) is 5.10 Å². The van der Waals surface area contributed by atoms with Crippen LogP contribution in [-0.4, -0.2) is 25.5 Å². The van der Waals surface area contributed by atoms with Crippen molar-refractivity contribution in [2.75, 3.05) is 0 Å². The average Bonchev–Trinajstić information content (AvgIpc) is 2.81. The Kier molecular flexibility index (Phi) is 4.90. The van der Waals surface area contributed by atoms with Gasteiger partial charge in [-0.05, 0) is 38.7 Å². The second kappa shape index (κ2) is 6.66. The summed E-state index contributed by atoms with van der Waals surface area (Å²) < 4.78 is 1.81. The van der Waals surface area contributed by atoms with Crippen LogP contribution in [-0.2, 0) is 19.4 Å². The SMILES string of the molecule is CC(C)(O)Cn1ncnc1CCCCc1ccccc1. The summed E-state index contributed by atoms with van der Waals surface area (Å²) in [6.45, 7) is 4.06. The molecule has 0 amide bonds. The Balaban J connectivity index is 1.79. The van der Waals surface area contributed by atoms with Crippen molar-refractivity contribution in [3.63, 3.8) is 0 Å².